The minimum atomic E-state index is 0.663. The lowest BCUT2D eigenvalue weighted by molar-refractivity contribution is 0.162. The van der Waals surface area contributed by atoms with E-state index < -0.39 is 0 Å². The van der Waals surface area contributed by atoms with Gasteiger partial charge in [-0.25, -0.2) is 4.31 Å². The molecule has 134 valence electrons. The number of allylic oxidation sites excluding steroid dienone is 1. The highest BCUT2D eigenvalue weighted by Gasteiger charge is 2.40. The normalized spacial score (nSPS) is 26.0. The summed E-state index contributed by atoms with van der Waals surface area (Å²) < 4.78 is 2.58. The van der Waals surface area contributed by atoms with Gasteiger partial charge in [0, 0.05) is 42.0 Å². The van der Waals surface area contributed by atoms with Gasteiger partial charge in [0.25, 0.3) is 0 Å². The summed E-state index contributed by atoms with van der Waals surface area (Å²) in [6.07, 6.45) is 9.40. The van der Waals surface area contributed by atoms with Crippen LogP contribution in [0.25, 0.3) is 5.57 Å². The van der Waals surface area contributed by atoms with Gasteiger partial charge in [-0.1, -0.05) is 38.1 Å². The van der Waals surface area contributed by atoms with E-state index in [9.17, 15) is 0 Å². The molecule has 1 aromatic carbocycles. The summed E-state index contributed by atoms with van der Waals surface area (Å²) in [6.45, 7) is 12.5. The van der Waals surface area contributed by atoms with E-state index in [1.807, 2.05) is 11.9 Å². The summed E-state index contributed by atoms with van der Waals surface area (Å²) in [5.74, 6) is 0.939. The molecule has 2 aliphatic heterocycles. The molecule has 1 aliphatic carbocycles. The Morgan fingerprint density at radius 2 is 1.96 bits per heavy atom. The van der Waals surface area contributed by atoms with Crippen LogP contribution < -0.4 is 4.90 Å². The Morgan fingerprint density at radius 1 is 1.20 bits per heavy atom. The van der Waals surface area contributed by atoms with E-state index in [1.54, 1.807) is 0 Å². The molecular formula is C22H30N2S. The predicted molar refractivity (Wildman–Crippen MR) is 110 cm³/mol. The van der Waals surface area contributed by atoms with Crippen LogP contribution in [0.15, 0.2) is 41.9 Å². The number of fused-ring (bicyclic) bond motifs is 1. The first kappa shape index (κ1) is 17.2. The van der Waals surface area contributed by atoms with Gasteiger partial charge in [-0.15, -0.1) is 0 Å². The van der Waals surface area contributed by atoms with Crippen molar-refractivity contribution >= 4 is 23.2 Å². The lowest BCUT2D eigenvalue weighted by Gasteiger charge is -2.40. The molecule has 0 aromatic heterocycles. The third-order valence-electron chi connectivity index (χ3n) is 6.41. The Labute approximate surface area is 157 Å². The fourth-order valence-corrected chi connectivity index (χ4v) is 5.92. The first-order chi connectivity index (χ1) is 12.1. The fraction of sp³-hybridized carbons (Fsp3) is 0.545. The van der Waals surface area contributed by atoms with Crippen LogP contribution in [0.2, 0.25) is 0 Å². The van der Waals surface area contributed by atoms with Gasteiger partial charge < -0.3 is 4.90 Å². The highest BCUT2D eigenvalue weighted by Crippen LogP contribution is 2.50. The maximum atomic E-state index is 4.41. The van der Waals surface area contributed by atoms with Crippen molar-refractivity contribution in [2.24, 2.45) is 11.3 Å². The van der Waals surface area contributed by atoms with Gasteiger partial charge >= 0.3 is 0 Å². The van der Waals surface area contributed by atoms with Crippen LogP contribution in [-0.2, 0) is 0 Å². The van der Waals surface area contributed by atoms with E-state index in [0.717, 1.165) is 12.5 Å². The van der Waals surface area contributed by atoms with E-state index >= 15 is 0 Å². The van der Waals surface area contributed by atoms with Gasteiger partial charge in [-0.3, -0.25) is 0 Å². The second-order valence-corrected chi connectivity index (χ2v) is 9.28. The average Bonchev–Trinajstić information content (AvgIpc) is 3.00. The van der Waals surface area contributed by atoms with Crippen molar-refractivity contribution in [1.82, 2.24) is 4.31 Å². The number of para-hydroxylation sites is 1. The van der Waals surface area contributed by atoms with Crippen molar-refractivity contribution < 1.29 is 0 Å². The molecule has 0 radical (unpaired) electrons. The van der Waals surface area contributed by atoms with Gasteiger partial charge in [0.2, 0.25) is 0 Å². The maximum absolute atomic E-state index is 4.41. The summed E-state index contributed by atoms with van der Waals surface area (Å²) in [7, 11) is 0. The van der Waals surface area contributed by atoms with Gasteiger partial charge in [0.1, 0.15) is 0 Å². The summed E-state index contributed by atoms with van der Waals surface area (Å²) in [6, 6.07) is 8.65. The molecule has 25 heavy (non-hydrogen) atoms. The molecule has 2 fully saturated rings. The van der Waals surface area contributed by atoms with Crippen molar-refractivity contribution in [2.45, 2.75) is 46.0 Å². The van der Waals surface area contributed by atoms with Crippen LogP contribution >= 0.6 is 11.9 Å². The number of hydrogen-bond acceptors (Lipinski definition) is 3. The van der Waals surface area contributed by atoms with E-state index in [-0.39, 0.29) is 0 Å². The fourth-order valence-electron chi connectivity index (χ4n) is 4.88. The number of nitrogens with zero attached hydrogens (tertiary/aromatic N) is 2. The van der Waals surface area contributed by atoms with Gasteiger partial charge in [0.15, 0.2) is 0 Å². The molecule has 2 nitrogen and oxygen atoms in total. The Balaban J connectivity index is 1.45. The molecule has 0 amide bonds. The van der Waals surface area contributed by atoms with Crippen LogP contribution in [0.5, 0.6) is 0 Å². The smallest absolute Gasteiger partial charge is 0.0486 e. The van der Waals surface area contributed by atoms with E-state index in [0.29, 0.717) is 5.41 Å². The zero-order valence-corrected chi connectivity index (χ0v) is 16.4. The first-order valence-corrected chi connectivity index (χ1v) is 10.6. The minimum Gasteiger partial charge on any atom is -0.347 e. The van der Waals surface area contributed by atoms with Gasteiger partial charge in [-0.05, 0) is 67.5 Å². The molecular weight excluding hydrogens is 324 g/mol. The van der Waals surface area contributed by atoms with Crippen molar-refractivity contribution in [2.75, 3.05) is 24.5 Å². The minimum absolute atomic E-state index is 0.663. The summed E-state index contributed by atoms with van der Waals surface area (Å²) in [5.41, 5.74) is 4.42. The zero-order chi connectivity index (χ0) is 17.4. The van der Waals surface area contributed by atoms with Crippen LogP contribution in [0.4, 0.5) is 5.69 Å². The lowest BCUT2D eigenvalue weighted by Crippen LogP contribution is -2.35. The summed E-state index contributed by atoms with van der Waals surface area (Å²) >= 11 is 1.93. The van der Waals surface area contributed by atoms with Crippen molar-refractivity contribution in [3.8, 4) is 0 Å². The summed E-state index contributed by atoms with van der Waals surface area (Å²) in [4.78, 5) is 3.67. The third kappa shape index (κ3) is 3.29. The number of piperidine rings is 1. The molecule has 1 spiro atoms. The zero-order valence-electron chi connectivity index (χ0n) is 15.6. The molecule has 1 unspecified atom stereocenters. The highest BCUT2D eigenvalue weighted by molar-refractivity contribution is 8.01. The first-order valence-electron chi connectivity index (χ1n) is 9.80. The Bertz CT molecular complexity index is 685. The van der Waals surface area contributed by atoms with Crippen molar-refractivity contribution in [3.05, 3.63) is 47.5 Å². The van der Waals surface area contributed by atoms with Crippen LogP contribution in [0, 0.1) is 11.3 Å². The molecule has 0 N–H and O–H groups in total. The van der Waals surface area contributed by atoms with E-state index in [2.05, 4.69) is 60.1 Å². The quantitative estimate of drug-likeness (QED) is 0.621. The van der Waals surface area contributed by atoms with E-state index in [4.69, 9.17) is 0 Å². The Morgan fingerprint density at radius 3 is 2.64 bits per heavy atom. The second-order valence-electron chi connectivity index (χ2n) is 8.14. The number of hydrogen-bond donors (Lipinski definition) is 0. The standard InChI is InChI=1S/C22H30N2S/c1-4-23-16-21(18(3)19-7-5-6-8-20(19)23)25-24-13-11-22(12-14-24)10-9-17(2)15-22/h5-8,16-17H,3-4,9-15H2,1-2H3. The molecule has 3 aliphatic rings. The Hall–Kier alpha value is -1.19. The SMILES string of the molecule is C=C1C(SN2CCC3(CCC(C)C3)CC2)=CN(CC)c2ccccc21. The van der Waals surface area contributed by atoms with Crippen LogP contribution in [0.1, 0.15) is 51.5 Å². The molecule has 1 saturated carbocycles. The van der Waals surface area contributed by atoms with Crippen molar-refractivity contribution in [1.29, 1.82) is 0 Å². The lowest BCUT2D eigenvalue weighted by atomic mass is 9.77. The molecule has 4 rings (SSSR count). The molecule has 2 heterocycles. The van der Waals surface area contributed by atoms with Crippen LogP contribution in [0.3, 0.4) is 0 Å². The monoisotopic (exact) mass is 354 g/mol. The van der Waals surface area contributed by atoms with Crippen molar-refractivity contribution in [3.63, 3.8) is 0 Å². The van der Waals surface area contributed by atoms with Gasteiger partial charge in [-0.2, -0.15) is 0 Å². The molecule has 1 saturated heterocycles. The second kappa shape index (κ2) is 6.85. The molecule has 1 atom stereocenters. The number of anilines is 1. The Kier molecular flexibility index (Phi) is 4.72. The largest absolute Gasteiger partial charge is 0.347 e. The molecule has 0 bridgehead atoms. The number of benzene rings is 1. The summed E-state index contributed by atoms with van der Waals surface area (Å²) in [5, 5.41) is 0. The number of rotatable bonds is 3. The molecule has 1 aromatic rings. The average molecular weight is 355 g/mol. The van der Waals surface area contributed by atoms with Crippen LogP contribution in [-0.4, -0.2) is 23.9 Å². The molecule has 3 heteroatoms. The predicted octanol–water partition coefficient (Wildman–Crippen LogP) is 5.93. The van der Waals surface area contributed by atoms with Gasteiger partial charge in [0.05, 0.1) is 0 Å². The third-order valence-corrected chi connectivity index (χ3v) is 7.58. The highest BCUT2D eigenvalue weighted by atomic mass is 32.2. The topological polar surface area (TPSA) is 6.48 Å². The van der Waals surface area contributed by atoms with E-state index in [1.165, 1.54) is 66.9 Å². The maximum Gasteiger partial charge on any atom is 0.0486 e.